The van der Waals surface area contributed by atoms with Crippen LogP contribution in [-0.2, 0) is 0 Å². The second kappa shape index (κ2) is 54.3. The van der Waals surface area contributed by atoms with Crippen LogP contribution in [0.25, 0.3) is 0 Å². The van der Waals surface area contributed by atoms with Crippen LogP contribution in [0.1, 0.15) is 352 Å². The molecule has 0 aliphatic carbocycles. The molecule has 2 atom stereocenters. The maximum Gasteiger partial charge on any atom is 0.163 e. The van der Waals surface area contributed by atoms with Gasteiger partial charge in [-0.15, -0.1) is 6.42 Å². The van der Waals surface area contributed by atoms with E-state index in [1.165, 1.54) is 205 Å². The molecule has 0 fully saturated rings. The first-order valence-corrected chi connectivity index (χ1v) is 38.8. The molecule has 8 heteroatoms. The van der Waals surface area contributed by atoms with E-state index in [0.717, 1.165) is 77.0 Å². The number of benzene rings is 4. The van der Waals surface area contributed by atoms with Crippen molar-refractivity contribution in [1.82, 2.24) is 0 Å². The molecule has 0 aliphatic rings. The lowest BCUT2D eigenvalue weighted by molar-refractivity contribution is 0.193. The summed E-state index contributed by atoms with van der Waals surface area (Å²) in [5.74, 6) is 13.3. The van der Waals surface area contributed by atoms with Gasteiger partial charge in [-0.2, -0.15) is 0 Å². The van der Waals surface area contributed by atoms with Gasteiger partial charge in [0.2, 0.25) is 0 Å². The van der Waals surface area contributed by atoms with Crippen LogP contribution in [0.15, 0.2) is 76.7 Å². The highest BCUT2D eigenvalue weighted by Gasteiger charge is 2.19. The van der Waals surface area contributed by atoms with E-state index in [-0.39, 0.29) is 11.5 Å². The van der Waals surface area contributed by atoms with Crippen LogP contribution in [-0.4, -0.2) is 49.1 Å². The first kappa shape index (κ1) is 80.6. The van der Waals surface area contributed by atoms with Gasteiger partial charge >= 0.3 is 0 Å². The molecule has 0 heterocycles. The molecule has 2 N–H and O–H groups in total. The van der Waals surface area contributed by atoms with Gasteiger partial charge in [-0.05, 0) is 80.7 Å². The smallest absolute Gasteiger partial charge is 0.163 e. The van der Waals surface area contributed by atoms with Crippen molar-refractivity contribution in [3.05, 3.63) is 94.5 Å². The van der Waals surface area contributed by atoms with E-state index in [0.29, 0.717) is 100 Å². The van der Waals surface area contributed by atoms with Crippen LogP contribution in [0.3, 0.4) is 0 Å². The zero-order chi connectivity index (χ0) is 67.2. The van der Waals surface area contributed by atoms with Crippen LogP contribution in [0.5, 0.6) is 34.5 Å². The fraction of sp³-hybridized carbons (Fsp3) is 0.651. The molecule has 2 unspecified atom stereocenters. The minimum atomic E-state index is 0.0682. The Morgan fingerprint density at radius 1 is 0.362 bits per heavy atom. The highest BCUT2D eigenvalue weighted by Crippen LogP contribution is 2.42. The molecule has 4 aromatic rings. The van der Waals surface area contributed by atoms with Gasteiger partial charge in [-0.1, -0.05) is 315 Å². The molecular formula is C86H132N2O6. The Labute approximate surface area is 575 Å². The molecule has 0 aromatic heterocycles. The van der Waals surface area contributed by atoms with Gasteiger partial charge in [0.05, 0.1) is 48.9 Å². The molecule has 0 spiro atoms. The summed E-state index contributed by atoms with van der Waals surface area (Å²) in [4.78, 5) is 10.1. The second-order valence-electron chi connectivity index (χ2n) is 27.1. The van der Waals surface area contributed by atoms with Crippen molar-refractivity contribution in [3.8, 4) is 58.7 Å². The molecule has 4 aromatic carbocycles. The lowest BCUT2D eigenvalue weighted by atomic mass is 9.96. The molecule has 0 saturated heterocycles. The van der Waals surface area contributed by atoms with Crippen molar-refractivity contribution in [2.45, 2.75) is 324 Å². The fourth-order valence-electron chi connectivity index (χ4n) is 12.4. The Morgan fingerprint density at radius 2 is 0.723 bits per heavy atom. The molecule has 0 amide bonds. The van der Waals surface area contributed by atoms with Crippen molar-refractivity contribution in [2.75, 3.05) is 26.4 Å². The Balaban J connectivity index is 1.63. The summed E-state index contributed by atoms with van der Waals surface area (Å²) in [5.41, 5.74) is 4.23. The Morgan fingerprint density at radius 3 is 1.15 bits per heavy atom. The third-order valence-corrected chi connectivity index (χ3v) is 18.6. The molecule has 522 valence electrons. The van der Waals surface area contributed by atoms with E-state index in [1.807, 2.05) is 48.5 Å². The predicted octanol–water partition coefficient (Wildman–Crippen LogP) is 26.0. The van der Waals surface area contributed by atoms with Crippen LogP contribution >= 0.6 is 0 Å². The monoisotopic (exact) mass is 1290 g/mol. The predicted molar refractivity (Wildman–Crippen MR) is 404 cm³/mol. The zero-order valence-electron chi connectivity index (χ0n) is 60.6. The van der Waals surface area contributed by atoms with E-state index >= 15 is 0 Å². The first-order chi connectivity index (χ1) is 46.3. The number of phenolic OH excluding ortho intramolecular Hbond substituents is 2. The molecule has 0 aliphatic heterocycles. The van der Waals surface area contributed by atoms with Crippen molar-refractivity contribution in [2.24, 2.45) is 21.8 Å². The Kier molecular flexibility index (Phi) is 46.5. The van der Waals surface area contributed by atoms with Crippen LogP contribution in [0.4, 0.5) is 11.4 Å². The summed E-state index contributed by atoms with van der Waals surface area (Å²) in [6.45, 7) is 15.9. The summed E-state index contributed by atoms with van der Waals surface area (Å²) in [7, 11) is 0. The number of ether oxygens (including phenoxy) is 4. The van der Waals surface area contributed by atoms with Gasteiger partial charge in [0.25, 0.3) is 0 Å². The van der Waals surface area contributed by atoms with Crippen molar-refractivity contribution < 1.29 is 29.2 Å². The summed E-state index contributed by atoms with van der Waals surface area (Å²) < 4.78 is 26.8. The topological polar surface area (TPSA) is 102 Å². The number of rotatable bonds is 58. The maximum atomic E-state index is 11.5. The molecule has 8 nitrogen and oxygen atoms in total. The third-order valence-electron chi connectivity index (χ3n) is 18.6. The van der Waals surface area contributed by atoms with Crippen LogP contribution in [0, 0.1) is 36.0 Å². The average molecular weight is 1290 g/mol. The summed E-state index contributed by atoms with van der Waals surface area (Å²) in [5, 5.41) is 22.3. The fourth-order valence-corrected chi connectivity index (χ4v) is 12.4. The molecule has 4 rings (SSSR count). The first-order valence-electron chi connectivity index (χ1n) is 38.8. The zero-order valence-corrected chi connectivity index (χ0v) is 60.6. The van der Waals surface area contributed by atoms with Gasteiger partial charge in [-0.3, -0.25) is 9.98 Å². The summed E-state index contributed by atoms with van der Waals surface area (Å²) in [6.07, 6.45) is 64.8. The van der Waals surface area contributed by atoms with Gasteiger partial charge in [0.15, 0.2) is 11.5 Å². The minimum Gasteiger partial charge on any atom is -0.507 e. The Hall–Kier alpha value is -5.86. The van der Waals surface area contributed by atoms with Gasteiger partial charge < -0.3 is 29.2 Å². The van der Waals surface area contributed by atoms with Crippen molar-refractivity contribution in [1.29, 1.82) is 0 Å². The summed E-state index contributed by atoms with van der Waals surface area (Å²) in [6, 6.07) is 20.3. The highest BCUT2D eigenvalue weighted by molar-refractivity contribution is 5.90. The number of aromatic hydroxyl groups is 2. The van der Waals surface area contributed by atoms with E-state index in [2.05, 4.69) is 59.3 Å². The van der Waals surface area contributed by atoms with Gasteiger partial charge in [0.1, 0.15) is 23.0 Å². The molecular weight excluding hydrogens is 1160 g/mol. The number of para-hydroxylation sites is 1. The number of nitrogens with zero attached hydrogens (tertiary/aromatic N) is 2. The van der Waals surface area contributed by atoms with E-state index in [1.54, 1.807) is 30.6 Å². The SMILES string of the molecule is C#Cc1cc(OCCCCCCCCCCCCCCCC)c(C#Cc2ccc(O)c(C=Nc3cc(OCC(CCCC)CCCCCC)c(OCC(CCCC)CCCCCC)cc3N=Cc3ccccc3O)c2)cc1OCCCCCCCCCCCCCCCC. The number of unbranched alkanes of at least 4 members (excludes halogenated alkanes) is 34. The van der Waals surface area contributed by atoms with Gasteiger partial charge in [0, 0.05) is 53.4 Å². The van der Waals surface area contributed by atoms with Crippen LogP contribution in [0.2, 0.25) is 0 Å². The van der Waals surface area contributed by atoms with Crippen LogP contribution < -0.4 is 18.9 Å². The van der Waals surface area contributed by atoms with Crippen molar-refractivity contribution >= 4 is 23.8 Å². The van der Waals surface area contributed by atoms with E-state index in [9.17, 15) is 10.2 Å². The third kappa shape index (κ3) is 36.3. The number of aliphatic imine (C=N–C) groups is 2. The lowest BCUT2D eigenvalue weighted by Crippen LogP contribution is -2.15. The molecule has 0 bridgehead atoms. The second-order valence-corrected chi connectivity index (χ2v) is 27.1. The van der Waals surface area contributed by atoms with Gasteiger partial charge in [-0.25, -0.2) is 0 Å². The number of phenols is 2. The minimum absolute atomic E-state index is 0.0682. The summed E-state index contributed by atoms with van der Waals surface area (Å²) >= 11 is 0. The van der Waals surface area contributed by atoms with Crippen molar-refractivity contribution in [3.63, 3.8) is 0 Å². The van der Waals surface area contributed by atoms with E-state index in [4.69, 9.17) is 35.4 Å². The molecule has 0 saturated carbocycles. The number of hydrogen-bond acceptors (Lipinski definition) is 8. The maximum absolute atomic E-state index is 11.5. The highest BCUT2D eigenvalue weighted by atomic mass is 16.5. The largest absolute Gasteiger partial charge is 0.507 e. The quantitative estimate of drug-likeness (QED) is 0.0259. The molecule has 0 radical (unpaired) electrons. The Bertz CT molecular complexity index is 2730. The molecule has 94 heavy (non-hydrogen) atoms. The lowest BCUT2D eigenvalue weighted by Gasteiger charge is -2.22. The standard InChI is InChI=1S/C86H132N2O6/c1-8-15-21-25-27-29-31-33-35-37-39-41-43-49-61-91-83-65-76(84(64-75(83)14-7)92-62-50-44-42-40-38-36-34-32-30-28-26-22-16-9-2)59-57-72-58-60-82(90)78(63-72)69-88-80-67-86(94-71-74(52-20-13-6)54-46-24-18-11-4)85(66-79(80)87-68-77-55-47-48-56-81(77)89)93-70-73(51-19-12-5)53-45-23-17-10-3/h7,47-48,55-56,58,60,63-69,73-74,89-90H,8-13,15-46,49-54,61-62,70-71H2,1-6H3. The number of hydrogen-bond donors (Lipinski definition) is 2. The van der Waals surface area contributed by atoms with E-state index < -0.39 is 0 Å². The number of terminal acetylenes is 1. The average Bonchev–Trinajstić information content (AvgIpc) is 0.933. The normalized spacial score (nSPS) is 12.1.